The van der Waals surface area contributed by atoms with Crippen LogP contribution in [0.2, 0.25) is 5.02 Å². The molecule has 1 amide bonds. The fourth-order valence-corrected chi connectivity index (χ4v) is 4.25. The second-order valence-electron chi connectivity index (χ2n) is 8.24. The molecule has 2 aromatic carbocycles. The van der Waals surface area contributed by atoms with Crippen LogP contribution in [-0.4, -0.2) is 47.0 Å². The first-order valence-electron chi connectivity index (χ1n) is 10.7. The molecular formula is C25H23ClFN5O. The minimum atomic E-state index is -0.350. The molecular weight excluding hydrogens is 441 g/mol. The molecule has 1 saturated heterocycles. The zero-order valence-electron chi connectivity index (χ0n) is 18.4. The van der Waals surface area contributed by atoms with Gasteiger partial charge in [0.15, 0.2) is 0 Å². The van der Waals surface area contributed by atoms with Gasteiger partial charge < -0.3 is 9.80 Å². The van der Waals surface area contributed by atoms with Crippen LogP contribution >= 0.6 is 11.6 Å². The van der Waals surface area contributed by atoms with E-state index in [0.717, 1.165) is 5.39 Å². The third kappa shape index (κ3) is 4.67. The Labute approximate surface area is 196 Å². The zero-order valence-corrected chi connectivity index (χ0v) is 19.2. The molecule has 168 valence electrons. The summed E-state index contributed by atoms with van der Waals surface area (Å²) >= 11 is 6.55. The lowest BCUT2D eigenvalue weighted by Gasteiger charge is -2.35. The SMILES string of the molecule is CC(C)/C=C(/C#N)C(=O)N1CCN(c2ncnc3cc(-c4ccccc4F)c(Cl)cc23)CC1. The van der Waals surface area contributed by atoms with E-state index in [1.165, 1.54) is 12.4 Å². The Hall–Kier alpha value is -3.50. The summed E-state index contributed by atoms with van der Waals surface area (Å²) in [6.07, 6.45) is 3.18. The molecule has 2 heterocycles. The Morgan fingerprint density at radius 2 is 1.88 bits per heavy atom. The van der Waals surface area contributed by atoms with Gasteiger partial charge in [-0.1, -0.05) is 49.7 Å². The monoisotopic (exact) mass is 463 g/mol. The fraction of sp³-hybridized carbons (Fsp3) is 0.280. The minimum Gasteiger partial charge on any atom is -0.352 e. The van der Waals surface area contributed by atoms with Crippen LogP contribution in [0.4, 0.5) is 10.2 Å². The van der Waals surface area contributed by atoms with Crippen molar-refractivity contribution in [3.8, 4) is 17.2 Å². The van der Waals surface area contributed by atoms with Crippen LogP contribution in [0.3, 0.4) is 0 Å². The summed E-state index contributed by atoms with van der Waals surface area (Å²) < 4.78 is 14.3. The summed E-state index contributed by atoms with van der Waals surface area (Å²) in [7, 11) is 0. The molecule has 4 rings (SSSR count). The Morgan fingerprint density at radius 1 is 1.15 bits per heavy atom. The number of nitriles is 1. The van der Waals surface area contributed by atoms with Crippen molar-refractivity contribution in [1.29, 1.82) is 5.26 Å². The lowest BCUT2D eigenvalue weighted by molar-refractivity contribution is -0.127. The number of piperazine rings is 1. The number of nitrogens with zero attached hydrogens (tertiary/aromatic N) is 5. The normalized spacial score (nSPS) is 14.6. The van der Waals surface area contributed by atoms with E-state index in [1.807, 2.05) is 19.9 Å². The molecule has 0 atom stereocenters. The predicted octanol–water partition coefficient (Wildman–Crippen LogP) is 4.84. The molecule has 3 aromatic rings. The third-order valence-corrected chi connectivity index (χ3v) is 5.90. The first-order valence-corrected chi connectivity index (χ1v) is 11.1. The quantitative estimate of drug-likeness (QED) is 0.408. The van der Waals surface area contributed by atoms with Crippen LogP contribution < -0.4 is 4.90 Å². The summed E-state index contributed by atoms with van der Waals surface area (Å²) in [6, 6.07) is 12.0. The molecule has 8 heteroatoms. The van der Waals surface area contributed by atoms with Gasteiger partial charge in [0.2, 0.25) is 0 Å². The van der Waals surface area contributed by atoms with E-state index in [-0.39, 0.29) is 23.2 Å². The van der Waals surface area contributed by atoms with E-state index >= 15 is 0 Å². The number of benzene rings is 2. The molecule has 6 nitrogen and oxygen atoms in total. The van der Waals surface area contributed by atoms with E-state index in [0.29, 0.717) is 53.7 Å². The largest absolute Gasteiger partial charge is 0.352 e. The minimum absolute atomic E-state index is 0.122. The molecule has 0 spiro atoms. The van der Waals surface area contributed by atoms with Crippen molar-refractivity contribution in [3.63, 3.8) is 0 Å². The van der Waals surface area contributed by atoms with Crippen LogP contribution in [0.15, 0.2) is 54.4 Å². The van der Waals surface area contributed by atoms with Crippen molar-refractivity contribution in [2.45, 2.75) is 13.8 Å². The molecule has 0 radical (unpaired) electrons. The van der Waals surface area contributed by atoms with E-state index in [9.17, 15) is 14.4 Å². The Kier molecular flexibility index (Phi) is 6.57. The first kappa shape index (κ1) is 22.7. The van der Waals surface area contributed by atoms with Crippen molar-refractivity contribution in [3.05, 3.63) is 65.2 Å². The number of rotatable bonds is 4. The maximum atomic E-state index is 14.3. The van der Waals surface area contributed by atoms with Gasteiger partial charge in [-0.3, -0.25) is 4.79 Å². The van der Waals surface area contributed by atoms with Gasteiger partial charge in [0.1, 0.15) is 29.6 Å². The summed E-state index contributed by atoms with van der Waals surface area (Å²) in [5.41, 5.74) is 1.83. The van der Waals surface area contributed by atoms with E-state index in [4.69, 9.17) is 11.6 Å². The molecule has 0 aliphatic carbocycles. The van der Waals surface area contributed by atoms with Gasteiger partial charge in [-0.05, 0) is 24.1 Å². The smallest absolute Gasteiger partial charge is 0.264 e. The number of aromatic nitrogens is 2. The van der Waals surface area contributed by atoms with Crippen LogP contribution in [0.5, 0.6) is 0 Å². The van der Waals surface area contributed by atoms with Crippen LogP contribution in [0, 0.1) is 23.1 Å². The van der Waals surface area contributed by atoms with Crippen molar-refractivity contribution < 1.29 is 9.18 Å². The number of amides is 1. The standard InChI is InChI=1S/C25H23ClFN5O/c1-16(2)11-17(14-28)25(33)32-9-7-31(8-10-32)24-20-12-21(26)19(13-23(20)29-15-30-24)18-5-3-4-6-22(18)27/h3-6,11-13,15-16H,7-10H2,1-2H3/b17-11-. The highest BCUT2D eigenvalue weighted by molar-refractivity contribution is 6.34. The molecule has 0 saturated carbocycles. The van der Waals surface area contributed by atoms with Crippen LogP contribution in [0.25, 0.3) is 22.0 Å². The maximum absolute atomic E-state index is 14.3. The number of carbonyl (C=O) groups is 1. The van der Waals surface area contributed by atoms with Gasteiger partial charge in [0.05, 0.1) is 5.52 Å². The molecule has 0 bridgehead atoms. The molecule has 1 aliphatic rings. The predicted molar refractivity (Wildman–Crippen MR) is 127 cm³/mol. The second-order valence-corrected chi connectivity index (χ2v) is 8.65. The van der Waals surface area contributed by atoms with Gasteiger partial charge in [-0.15, -0.1) is 0 Å². The zero-order chi connectivity index (χ0) is 23.5. The summed E-state index contributed by atoms with van der Waals surface area (Å²) in [4.78, 5) is 25.3. The van der Waals surface area contributed by atoms with Gasteiger partial charge in [-0.25, -0.2) is 14.4 Å². The molecule has 33 heavy (non-hydrogen) atoms. The fourth-order valence-electron chi connectivity index (χ4n) is 3.98. The molecule has 1 aliphatic heterocycles. The summed E-state index contributed by atoms with van der Waals surface area (Å²) in [6.45, 7) is 5.94. The highest BCUT2D eigenvalue weighted by atomic mass is 35.5. The number of hydrogen-bond acceptors (Lipinski definition) is 5. The number of halogens is 2. The number of allylic oxidation sites excluding steroid dienone is 1. The number of carbonyl (C=O) groups excluding carboxylic acids is 1. The molecule has 0 unspecified atom stereocenters. The Balaban J connectivity index is 1.59. The summed E-state index contributed by atoms with van der Waals surface area (Å²) in [5, 5.41) is 10.5. The lowest BCUT2D eigenvalue weighted by atomic mass is 10.0. The molecule has 0 N–H and O–H groups in total. The molecule has 1 fully saturated rings. The average molecular weight is 464 g/mol. The Bertz CT molecular complexity index is 1280. The second kappa shape index (κ2) is 9.55. The van der Waals surface area contributed by atoms with Gasteiger partial charge in [0.25, 0.3) is 5.91 Å². The first-order chi connectivity index (χ1) is 15.9. The van der Waals surface area contributed by atoms with Gasteiger partial charge >= 0.3 is 0 Å². The van der Waals surface area contributed by atoms with E-state index in [2.05, 4.69) is 14.9 Å². The highest BCUT2D eigenvalue weighted by Crippen LogP contribution is 2.35. The van der Waals surface area contributed by atoms with Gasteiger partial charge in [-0.2, -0.15) is 5.26 Å². The number of fused-ring (bicyclic) bond motifs is 1. The molecule has 1 aromatic heterocycles. The lowest BCUT2D eigenvalue weighted by Crippen LogP contribution is -2.49. The topological polar surface area (TPSA) is 73.1 Å². The number of hydrogen-bond donors (Lipinski definition) is 0. The summed E-state index contributed by atoms with van der Waals surface area (Å²) in [5.74, 6) is 0.247. The van der Waals surface area contributed by atoms with Crippen molar-refractivity contribution >= 4 is 34.2 Å². The van der Waals surface area contributed by atoms with Crippen molar-refractivity contribution in [2.24, 2.45) is 5.92 Å². The van der Waals surface area contributed by atoms with Crippen molar-refractivity contribution in [1.82, 2.24) is 14.9 Å². The maximum Gasteiger partial charge on any atom is 0.264 e. The van der Waals surface area contributed by atoms with Crippen LogP contribution in [0.1, 0.15) is 13.8 Å². The third-order valence-electron chi connectivity index (χ3n) is 5.58. The average Bonchev–Trinajstić information content (AvgIpc) is 2.82. The highest BCUT2D eigenvalue weighted by Gasteiger charge is 2.25. The van der Waals surface area contributed by atoms with E-state index in [1.54, 1.807) is 41.3 Å². The van der Waals surface area contributed by atoms with Crippen LogP contribution in [-0.2, 0) is 4.79 Å². The number of anilines is 1. The Morgan fingerprint density at radius 3 is 2.55 bits per heavy atom. The van der Waals surface area contributed by atoms with Gasteiger partial charge in [0, 0.05) is 47.7 Å². The van der Waals surface area contributed by atoms with Crippen molar-refractivity contribution in [2.75, 3.05) is 31.1 Å². The van der Waals surface area contributed by atoms with E-state index < -0.39 is 0 Å².